The second kappa shape index (κ2) is 9.00. The Morgan fingerprint density at radius 1 is 1.12 bits per heavy atom. The van der Waals surface area contributed by atoms with Crippen molar-refractivity contribution in [2.24, 2.45) is 0 Å². The SMILES string of the molecule is CC(=O)Nc1ccc(OCCOc2nccnc2N2CCNCC2)cc1. The van der Waals surface area contributed by atoms with Gasteiger partial charge in [0.25, 0.3) is 5.88 Å². The van der Waals surface area contributed by atoms with Crippen LogP contribution in [-0.2, 0) is 4.79 Å². The van der Waals surface area contributed by atoms with Gasteiger partial charge in [0.05, 0.1) is 0 Å². The molecule has 1 aromatic carbocycles. The van der Waals surface area contributed by atoms with Crippen LogP contribution in [0.5, 0.6) is 11.6 Å². The third kappa shape index (κ3) is 5.06. The summed E-state index contributed by atoms with van der Waals surface area (Å²) in [6, 6.07) is 7.20. The van der Waals surface area contributed by atoms with Crippen molar-refractivity contribution >= 4 is 17.4 Å². The highest BCUT2D eigenvalue weighted by atomic mass is 16.5. The molecule has 2 heterocycles. The molecular weight excluding hydrogens is 334 g/mol. The first kappa shape index (κ1) is 17.9. The zero-order valence-electron chi connectivity index (χ0n) is 14.8. The molecule has 8 nitrogen and oxygen atoms in total. The van der Waals surface area contributed by atoms with E-state index >= 15 is 0 Å². The largest absolute Gasteiger partial charge is 0.490 e. The van der Waals surface area contributed by atoms with Crippen LogP contribution in [0.15, 0.2) is 36.7 Å². The Morgan fingerprint density at radius 2 is 1.81 bits per heavy atom. The molecule has 0 bridgehead atoms. The molecule has 1 fully saturated rings. The van der Waals surface area contributed by atoms with Crippen molar-refractivity contribution in [1.82, 2.24) is 15.3 Å². The number of carbonyl (C=O) groups is 1. The van der Waals surface area contributed by atoms with E-state index in [2.05, 4.69) is 25.5 Å². The lowest BCUT2D eigenvalue weighted by Gasteiger charge is -2.28. The molecule has 1 aromatic heterocycles. The monoisotopic (exact) mass is 357 g/mol. The molecule has 0 unspecified atom stereocenters. The van der Waals surface area contributed by atoms with Gasteiger partial charge in [0.1, 0.15) is 19.0 Å². The van der Waals surface area contributed by atoms with Gasteiger partial charge in [0.15, 0.2) is 5.82 Å². The summed E-state index contributed by atoms with van der Waals surface area (Å²) in [6.45, 7) is 5.84. The number of ether oxygens (including phenoxy) is 2. The van der Waals surface area contributed by atoms with E-state index in [4.69, 9.17) is 9.47 Å². The summed E-state index contributed by atoms with van der Waals surface area (Å²) in [6.07, 6.45) is 3.31. The molecule has 3 rings (SSSR count). The lowest BCUT2D eigenvalue weighted by atomic mass is 10.3. The maximum absolute atomic E-state index is 11.0. The highest BCUT2D eigenvalue weighted by Gasteiger charge is 2.17. The summed E-state index contributed by atoms with van der Waals surface area (Å²) in [5, 5.41) is 6.03. The van der Waals surface area contributed by atoms with Gasteiger partial charge < -0.3 is 25.0 Å². The van der Waals surface area contributed by atoms with E-state index in [1.54, 1.807) is 36.7 Å². The number of nitrogens with zero attached hydrogens (tertiary/aromatic N) is 3. The third-order valence-corrected chi connectivity index (χ3v) is 3.83. The van der Waals surface area contributed by atoms with Gasteiger partial charge >= 0.3 is 0 Å². The summed E-state index contributed by atoms with van der Waals surface area (Å²) in [7, 11) is 0. The van der Waals surface area contributed by atoms with Crippen molar-refractivity contribution in [3.8, 4) is 11.6 Å². The number of hydrogen-bond donors (Lipinski definition) is 2. The highest BCUT2D eigenvalue weighted by molar-refractivity contribution is 5.88. The predicted octanol–water partition coefficient (Wildman–Crippen LogP) is 1.30. The zero-order chi connectivity index (χ0) is 18.2. The van der Waals surface area contributed by atoms with Crippen LogP contribution in [0.1, 0.15) is 6.92 Å². The lowest BCUT2D eigenvalue weighted by Crippen LogP contribution is -2.44. The van der Waals surface area contributed by atoms with E-state index in [1.165, 1.54) is 6.92 Å². The van der Waals surface area contributed by atoms with Crippen LogP contribution in [-0.4, -0.2) is 55.3 Å². The second-order valence-corrected chi connectivity index (χ2v) is 5.82. The van der Waals surface area contributed by atoms with Crippen LogP contribution < -0.4 is 25.0 Å². The van der Waals surface area contributed by atoms with Crippen molar-refractivity contribution in [3.63, 3.8) is 0 Å². The maximum atomic E-state index is 11.0. The molecule has 1 saturated heterocycles. The van der Waals surface area contributed by atoms with Gasteiger partial charge in [-0.05, 0) is 24.3 Å². The van der Waals surface area contributed by atoms with Crippen molar-refractivity contribution in [2.45, 2.75) is 6.92 Å². The summed E-state index contributed by atoms with van der Waals surface area (Å²) < 4.78 is 11.4. The molecule has 2 N–H and O–H groups in total. The smallest absolute Gasteiger partial charge is 0.257 e. The van der Waals surface area contributed by atoms with Gasteiger partial charge in [-0.15, -0.1) is 0 Å². The molecule has 0 saturated carbocycles. The van der Waals surface area contributed by atoms with Gasteiger partial charge in [-0.1, -0.05) is 0 Å². The van der Waals surface area contributed by atoms with Crippen molar-refractivity contribution in [1.29, 1.82) is 0 Å². The van der Waals surface area contributed by atoms with E-state index in [0.29, 0.717) is 24.8 Å². The molecule has 0 spiro atoms. The molecule has 26 heavy (non-hydrogen) atoms. The number of amides is 1. The van der Waals surface area contributed by atoms with Gasteiger partial charge in [-0.3, -0.25) is 4.79 Å². The number of carbonyl (C=O) groups excluding carboxylic acids is 1. The zero-order valence-corrected chi connectivity index (χ0v) is 14.8. The average Bonchev–Trinajstić information content (AvgIpc) is 2.67. The molecule has 0 radical (unpaired) electrons. The van der Waals surface area contributed by atoms with Crippen LogP contribution in [0.25, 0.3) is 0 Å². The van der Waals surface area contributed by atoms with Gasteiger partial charge in [-0.25, -0.2) is 9.97 Å². The predicted molar refractivity (Wildman–Crippen MR) is 98.9 cm³/mol. The Bertz CT molecular complexity index is 717. The van der Waals surface area contributed by atoms with E-state index in [-0.39, 0.29) is 5.91 Å². The number of aromatic nitrogens is 2. The molecule has 1 amide bonds. The van der Waals surface area contributed by atoms with E-state index < -0.39 is 0 Å². The fourth-order valence-corrected chi connectivity index (χ4v) is 2.65. The standard InChI is InChI=1S/C18H23N5O3/c1-14(24)22-15-2-4-16(5-3-15)25-12-13-26-18-17(20-6-7-21-18)23-10-8-19-9-11-23/h2-7,19H,8-13H2,1H3,(H,22,24). The maximum Gasteiger partial charge on any atom is 0.257 e. The first-order chi connectivity index (χ1) is 12.7. The summed E-state index contributed by atoms with van der Waals surface area (Å²) in [5.74, 6) is 1.91. The van der Waals surface area contributed by atoms with Gasteiger partial charge in [0.2, 0.25) is 5.91 Å². The molecule has 1 aliphatic heterocycles. The fraction of sp³-hybridized carbons (Fsp3) is 0.389. The van der Waals surface area contributed by atoms with Crippen LogP contribution in [0.4, 0.5) is 11.5 Å². The molecular formula is C18H23N5O3. The quantitative estimate of drug-likeness (QED) is 0.722. The first-order valence-corrected chi connectivity index (χ1v) is 8.62. The Labute approximate surface area is 152 Å². The molecule has 8 heteroatoms. The van der Waals surface area contributed by atoms with Crippen molar-refractivity contribution in [2.75, 3.05) is 49.6 Å². The summed E-state index contributed by atoms with van der Waals surface area (Å²) in [5.41, 5.74) is 0.737. The normalized spacial score (nSPS) is 14.0. The molecule has 2 aromatic rings. The van der Waals surface area contributed by atoms with Crippen molar-refractivity contribution < 1.29 is 14.3 Å². The molecule has 138 valence electrons. The number of nitrogens with one attached hydrogen (secondary N) is 2. The van der Waals surface area contributed by atoms with Gasteiger partial charge in [0, 0.05) is 51.2 Å². The Hall–Kier alpha value is -2.87. The van der Waals surface area contributed by atoms with Crippen LogP contribution in [0, 0.1) is 0 Å². The number of benzene rings is 1. The van der Waals surface area contributed by atoms with Crippen LogP contribution in [0.2, 0.25) is 0 Å². The minimum Gasteiger partial charge on any atom is -0.490 e. The van der Waals surface area contributed by atoms with Crippen molar-refractivity contribution in [3.05, 3.63) is 36.7 Å². The topological polar surface area (TPSA) is 88.6 Å². The Morgan fingerprint density at radius 3 is 2.54 bits per heavy atom. The molecule has 1 aliphatic rings. The first-order valence-electron chi connectivity index (χ1n) is 8.62. The summed E-state index contributed by atoms with van der Waals surface area (Å²) in [4.78, 5) is 21.9. The fourth-order valence-electron chi connectivity index (χ4n) is 2.65. The number of anilines is 2. The second-order valence-electron chi connectivity index (χ2n) is 5.82. The molecule has 0 aliphatic carbocycles. The van der Waals surface area contributed by atoms with Crippen LogP contribution in [0.3, 0.4) is 0 Å². The van der Waals surface area contributed by atoms with E-state index in [9.17, 15) is 4.79 Å². The number of piperazine rings is 1. The minimum atomic E-state index is -0.101. The Kier molecular flexibility index (Phi) is 6.21. The van der Waals surface area contributed by atoms with E-state index in [1.807, 2.05) is 0 Å². The average molecular weight is 357 g/mol. The number of hydrogen-bond acceptors (Lipinski definition) is 7. The lowest BCUT2D eigenvalue weighted by molar-refractivity contribution is -0.114. The minimum absolute atomic E-state index is 0.101. The molecule has 0 atom stereocenters. The highest BCUT2D eigenvalue weighted by Crippen LogP contribution is 2.22. The number of rotatable bonds is 7. The van der Waals surface area contributed by atoms with E-state index in [0.717, 1.165) is 37.7 Å². The van der Waals surface area contributed by atoms with Crippen LogP contribution >= 0.6 is 0 Å². The Balaban J connectivity index is 1.48. The van der Waals surface area contributed by atoms with Gasteiger partial charge in [-0.2, -0.15) is 0 Å². The third-order valence-electron chi connectivity index (χ3n) is 3.83. The summed E-state index contributed by atoms with van der Waals surface area (Å²) >= 11 is 0.